The summed E-state index contributed by atoms with van der Waals surface area (Å²) in [5.41, 5.74) is 0. The van der Waals surface area contributed by atoms with Gasteiger partial charge in [-0.15, -0.1) is 0 Å². The first-order valence-electron chi connectivity index (χ1n) is 3.96. The van der Waals surface area contributed by atoms with Crippen molar-refractivity contribution in [3.8, 4) is 5.75 Å². The van der Waals surface area contributed by atoms with Crippen LogP contribution in [-0.2, 0) is 9.59 Å². The molecule has 1 aromatic carbocycles. The van der Waals surface area contributed by atoms with E-state index in [1.165, 1.54) is 0 Å². The second-order valence-corrected chi connectivity index (χ2v) is 2.92. The van der Waals surface area contributed by atoms with Gasteiger partial charge in [0.05, 0.1) is 0 Å². The third-order valence-corrected chi connectivity index (χ3v) is 1.74. The van der Waals surface area contributed by atoms with Crippen LogP contribution in [0.15, 0.2) is 41.1 Å². The Labute approximate surface area is 90.7 Å². The van der Waals surface area contributed by atoms with Gasteiger partial charge in [0.1, 0.15) is 10.8 Å². The van der Waals surface area contributed by atoms with Crippen LogP contribution in [0.2, 0.25) is 0 Å². The van der Waals surface area contributed by atoms with Gasteiger partial charge in [0.25, 0.3) is 0 Å². The van der Waals surface area contributed by atoms with Crippen LogP contribution in [0.1, 0.15) is 0 Å². The Hall–Kier alpha value is -1.81. The summed E-state index contributed by atoms with van der Waals surface area (Å²) in [6, 6.07) is 8.20. The highest BCUT2D eigenvalue weighted by Gasteiger charge is 2.15. The van der Waals surface area contributed by atoms with Gasteiger partial charge in [-0.2, -0.15) is 0 Å². The largest absolute Gasteiger partial charge is 0.475 e. The molecule has 0 aliphatic carbocycles. The van der Waals surface area contributed by atoms with Crippen LogP contribution in [0.25, 0.3) is 0 Å². The monoisotopic (exact) mass is 226 g/mol. The maximum Gasteiger partial charge on any atom is 0.373 e. The zero-order valence-corrected chi connectivity index (χ0v) is 8.27. The van der Waals surface area contributed by atoms with Gasteiger partial charge in [-0.05, 0) is 12.1 Å². The minimum atomic E-state index is -1.39. The van der Waals surface area contributed by atoms with E-state index < -0.39 is 16.8 Å². The Balaban J connectivity index is 2.96. The van der Waals surface area contributed by atoms with E-state index >= 15 is 0 Å². The number of ether oxygens (including phenoxy) is 1. The molecule has 0 spiro atoms. The average molecular weight is 227 g/mol. The topological polar surface area (TPSA) is 63.6 Å². The Morgan fingerprint density at radius 2 is 1.93 bits per heavy atom. The molecule has 15 heavy (non-hydrogen) atoms. The maximum absolute atomic E-state index is 10.7. The van der Waals surface area contributed by atoms with Gasteiger partial charge < -0.3 is 9.84 Å². The number of carbonyl (C=O) groups excluding carboxylic acids is 1. The molecule has 0 unspecified atom stereocenters. The molecule has 1 aromatic rings. The quantitative estimate of drug-likeness (QED) is 0.483. The summed E-state index contributed by atoms with van der Waals surface area (Å²) < 4.78 is 4.95. The fourth-order valence-electron chi connectivity index (χ4n) is 0.854. The first-order chi connectivity index (χ1) is 7.15. The van der Waals surface area contributed by atoms with E-state index in [1.54, 1.807) is 30.3 Å². The summed E-state index contributed by atoms with van der Waals surface area (Å²) in [7, 11) is 0. The van der Waals surface area contributed by atoms with Crippen molar-refractivity contribution in [3.63, 3.8) is 0 Å². The molecule has 0 bridgehead atoms. The summed E-state index contributed by atoms with van der Waals surface area (Å²) in [5, 5.41) is 8.23. The van der Waals surface area contributed by atoms with Crippen LogP contribution in [0.3, 0.4) is 0 Å². The number of halogens is 1. The van der Waals surface area contributed by atoms with Gasteiger partial charge in [0.2, 0.25) is 5.76 Å². The van der Waals surface area contributed by atoms with E-state index in [-0.39, 0.29) is 6.29 Å². The summed E-state index contributed by atoms with van der Waals surface area (Å²) in [6.45, 7) is 0. The number of carboxylic acid groups (broad SMARTS) is 1. The number of para-hydroxylation sites is 1. The number of carboxylic acids is 1. The number of hydrogen-bond acceptors (Lipinski definition) is 3. The minimum Gasteiger partial charge on any atom is -0.475 e. The fourth-order valence-corrected chi connectivity index (χ4v) is 0.974. The Morgan fingerprint density at radius 1 is 1.33 bits per heavy atom. The molecular formula is C10H7ClO4. The molecular weight excluding hydrogens is 220 g/mol. The number of benzene rings is 1. The van der Waals surface area contributed by atoms with Crippen LogP contribution in [-0.4, -0.2) is 17.4 Å². The minimum absolute atomic E-state index is 0.216. The van der Waals surface area contributed by atoms with Crippen molar-refractivity contribution in [1.29, 1.82) is 0 Å². The molecule has 0 amide bonds. The van der Waals surface area contributed by atoms with Crippen molar-refractivity contribution in [2.45, 2.75) is 0 Å². The SMILES string of the molecule is O=CC(Cl)=C(Oc1ccccc1)C(=O)O. The lowest BCUT2D eigenvalue weighted by molar-refractivity contribution is -0.135. The predicted molar refractivity (Wildman–Crippen MR) is 53.6 cm³/mol. The molecule has 5 heteroatoms. The van der Waals surface area contributed by atoms with Crippen LogP contribution < -0.4 is 4.74 Å². The third kappa shape index (κ3) is 3.11. The summed E-state index contributed by atoms with van der Waals surface area (Å²) in [6.07, 6.45) is 0.216. The van der Waals surface area contributed by atoms with Crippen molar-refractivity contribution in [3.05, 3.63) is 41.1 Å². The van der Waals surface area contributed by atoms with Gasteiger partial charge in [-0.3, -0.25) is 4.79 Å². The third-order valence-electron chi connectivity index (χ3n) is 1.48. The number of aldehydes is 1. The van der Waals surface area contributed by atoms with E-state index in [0.717, 1.165) is 0 Å². The zero-order valence-electron chi connectivity index (χ0n) is 7.51. The predicted octanol–water partition coefficient (Wildman–Crippen LogP) is 1.80. The highest BCUT2D eigenvalue weighted by Crippen LogP contribution is 2.16. The molecule has 0 heterocycles. The van der Waals surface area contributed by atoms with Gasteiger partial charge in [-0.1, -0.05) is 29.8 Å². The van der Waals surface area contributed by atoms with Gasteiger partial charge in [0.15, 0.2) is 6.29 Å². The van der Waals surface area contributed by atoms with Gasteiger partial charge in [-0.25, -0.2) is 4.79 Å². The van der Waals surface area contributed by atoms with E-state index in [4.69, 9.17) is 21.4 Å². The van der Waals surface area contributed by atoms with Crippen molar-refractivity contribution in [1.82, 2.24) is 0 Å². The van der Waals surface area contributed by atoms with Crippen LogP contribution in [0.5, 0.6) is 5.75 Å². The molecule has 0 fully saturated rings. The van der Waals surface area contributed by atoms with Crippen molar-refractivity contribution < 1.29 is 19.4 Å². The second kappa shape index (κ2) is 5.17. The molecule has 0 saturated heterocycles. The smallest absolute Gasteiger partial charge is 0.373 e. The maximum atomic E-state index is 10.7. The Morgan fingerprint density at radius 3 is 2.40 bits per heavy atom. The average Bonchev–Trinajstić information content (AvgIpc) is 2.26. The lowest BCUT2D eigenvalue weighted by atomic mass is 10.3. The number of carbonyl (C=O) groups is 2. The molecule has 0 saturated carbocycles. The lowest BCUT2D eigenvalue weighted by Gasteiger charge is -2.05. The Kier molecular flexibility index (Phi) is 3.88. The highest BCUT2D eigenvalue weighted by atomic mass is 35.5. The van der Waals surface area contributed by atoms with Crippen molar-refractivity contribution >= 4 is 23.9 Å². The van der Waals surface area contributed by atoms with Crippen LogP contribution >= 0.6 is 11.6 Å². The summed E-state index contributed by atoms with van der Waals surface area (Å²) >= 11 is 5.38. The molecule has 1 rings (SSSR count). The summed E-state index contributed by atoms with van der Waals surface area (Å²) in [4.78, 5) is 21.0. The molecule has 0 aliphatic heterocycles. The van der Waals surface area contributed by atoms with E-state index in [2.05, 4.69) is 0 Å². The van der Waals surface area contributed by atoms with Gasteiger partial charge in [0, 0.05) is 0 Å². The van der Waals surface area contributed by atoms with E-state index in [9.17, 15) is 9.59 Å². The number of hydrogen-bond donors (Lipinski definition) is 1. The standard InChI is InChI=1S/C10H7ClO4/c11-8(6-12)9(10(13)14)15-7-4-2-1-3-5-7/h1-6H,(H,13,14). The lowest BCUT2D eigenvalue weighted by Crippen LogP contribution is -2.10. The molecule has 0 aliphatic rings. The number of allylic oxidation sites excluding steroid dienone is 1. The van der Waals surface area contributed by atoms with Crippen LogP contribution in [0, 0.1) is 0 Å². The Bertz CT molecular complexity index is 397. The first-order valence-corrected chi connectivity index (χ1v) is 4.34. The molecule has 0 aromatic heterocycles. The molecule has 0 radical (unpaired) electrons. The number of rotatable bonds is 4. The van der Waals surface area contributed by atoms with E-state index in [0.29, 0.717) is 5.75 Å². The van der Waals surface area contributed by atoms with Gasteiger partial charge >= 0.3 is 5.97 Å². The highest BCUT2D eigenvalue weighted by molar-refractivity contribution is 6.40. The molecule has 4 nitrogen and oxygen atoms in total. The van der Waals surface area contributed by atoms with Crippen molar-refractivity contribution in [2.75, 3.05) is 0 Å². The molecule has 78 valence electrons. The molecule has 1 N–H and O–H groups in total. The zero-order chi connectivity index (χ0) is 11.3. The van der Waals surface area contributed by atoms with E-state index in [1.807, 2.05) is 0 Å². The first kappa shape index (κ1) is 11.3. The number of aliphatic carboxylic acids is 1. The van der Waals surface area contributed by atoms with Crippen molar-refractivity contribution in [2.24, 2.45) is 0 Å². The molecule has 0 atom stereocenters. The second-order valence-electron chi connectivity index (χ2n) is 2.52. The fraction of sp³-hybridized carbons (Fsp3) is 0. The normalized spacial score (nSPS) is 11.5. The van der Waals surface area contributed by atoms with Crippen LogP contribution in [0.4, 0.5) is 0 Å². The summed E-state index contributed by atoms with van der Waals surface area (Å²) in [5.74, 6) is -1.68.